The highest BCUT2D eigenvalue weighted by Gasteiger charge is 2.59. The molecule has 1 saturated heterocycles. The van der Waals surface area contributed by atoms with Crippen LogP contribution < -0.4 is 0 Å². The molecule has 2 nitrogen and oxygen atoms in total. The van der Waals surface area contributed by atoms with Gasteiger partial charge < -0.3 is 9.84 Å². The lowest BCUT2D eigenvalue weighted by atomic mass is 9.45. The van der Waals surface area contributed by atoms with Crippen LogP contribution in [0.1, 0.15) is 118 Å². The van der Waals surface area contributed by atoms with Crippen molar-refractivity contribution in [3.63, 3.8) is 0 Å². The van der Waals surface area contributed by atoms with Gasteiger partial charge in [0.2, 0.25) is 0 Å². The van der Waals surface area contributed by atoms with Gasteiger partial charge in [0.1, 0.15) is 0 Å². The summed E-state index contributed by atoms with van der Waals surface area (Å²) in [5.41, 5.74) is 2.82. The molecule has 5 aliphatic rings. The van der Waals surface area contributed by atoms with Crippen molar-refractivity contribution in [3.8, 4) is 0 Å². The fourth-order valence-corrected chi connectivity index (χ4v) is 9.90. The smallest absolute Gasteiger partial charge is 0.0881 e. The maximum atomic E-state index is 11.0. The normalized spacial score (nSPS) is 50.7. The molecule has 33 heavy (non-hydrogen) atoms. The van der Waals surface area contributed by atoms with Gasteiger partial charge in [-0.1, -0.05) is 52.7 Å². The minimum atomic E-state index is -0.559. The first kappa shape index (κ1) is 24.4. The summed E-state index contributed by atoms with van der Waals surface area (Å²) >= 11 is 0. The summed E-state index contributed by atoms with van der Waals surface area (Å²) in [6, 6.07) is 0. The van der Waals surface area contributed by atoms with E-state index >= 15 is 0 Å². The first-order chi connectivity index (χ1) is 15.6. The Morgan fingerprint density at radius 3 is 2.61 bits per heavy atom. The van der Waals surface area contributed by atoms with Gasteiger partial charge in [-0.25, -0.2) is 0 Å². The lowest BCUT2D eigenvalue weighted by Crippen LogP contribution is -2.51. The van der Waals surface area contributed by atoms with Crippen LogP contribution in [-0.2, 0) is 4.74 Å². The van der Waals surface area contributed by atoms with Crippen molar-refractivity contribution in [2.45, 2.75) is 124 Å². The first-order valence-electron chi connectivity index (χ1n) is 14.6. The Morgan fingerprint density at radius 1 is 1.06 bits per heavy atom. The lowest BCUT2D eigenvalue weighted by Gasteiger charge is -2.59. The molecule has 4 aliphatic carbocycles. The van der Waals surface area contributed by atoms with E-state index in [0.717, 1.165) is 56.0 Å². The van der Waals surface area contributed by atoms with E-state index in [1.54, 1.807) is 0 Å². The third-order valence-corrected chi connectivity index (χ3v) is 12.5. The predicted octanol–water partition coefficient (Wildman–Crippen LogP) is 7.94. The summed E-state index contributed by atoms with van der Waals surface area (Å²) in [6.07, 6.45) is 19.4. The van der Waals surface area contributed by atoms with E-state index in [4.69, 9.17) is 4.74 Å². The number of fused-ring (bicyclic) bond motifs is 5. The van der Waals surface area contributed by atoms with Crippen molar-refractivity contribution in [1.29, 1.82) is 0 Å². The summed E-state index contributed by atoms with van der Waals surface area (Å²) in [5, 5.41) is 11.0. The van der Waals surface area contributed by atoms with Gasteiger partial charge in [-0.15, -0.1) is 0 Å². The number of allylic oxidation sites excluding steroid dienone is 2. The van der Waals surface area contributed by atoms with E-state index in [9.17, 15) is 5.11 Å². The molecular weight excluding hydrogens is 404 g/mol. The Hall–Kier alpha value is -0.340. The van der Waals surface area contributed by atoms with Crippen molar-refractivity contribution in [2.24, 2.45) is 45.8 Å². The Bertz CT molecular complexity index is 750. The number of hydrogen-bond donors (Lipinski definition) is 1. The van der Waals surface area contributed by atoms with Gasteiger partial charge >= 0.3 is 0 Å². The van der Waals surface area contributed by atoms with Crippen LogP contribution in [0.3, 0.4) is 0 Å². The molecule has 1 aliphatic heterocycles. The molecule has 0 radical (unpaired) electrons. The van der Waals surface area contributed by atoms with Gasteiger partial charge in [0.25, 0.3) is 0 Å². The van der Waals surface area contributed by atoms with Crippen LogP contribution in [0.2, 0.25) is 0 Å². The van der Waals surface area contributed by atoms with Gasteiger partial charge in [0.05, 0.1) is 12.2 Å². The molecule has 2 heteroatoms. The van der Waals surface area contributed by atoms with E-state index in [0.29, 0.717) is 28.8 Å². The molecule has 0 bridgehead atoms. The second-order valence-electron chi connectivity index (χ2n) is 14.2. The molecule has 0 aromatic heterocycles. The molecule has 4 fully saturated rings. The van der Waals surface area contributed by atoms with Crippen molar-refractivity contribution in [1.82, 2.24) is 0 Å². The van der Waals surface area contributed by atoms with Crippen molar-refractivity contribution >= 4 is 0 Å². The highest BCUT2D eigenvalue weighted by atomic mass is 16.5. The number of hydrogen-bond acceptors (Lipinski definition) is 2. The maximum Gasteiger partial charge on any atom is 0.0881 e. The zero-order valence-corrected chi connectivity index (χ0v) is 22.4. The molecule has 0 spiro atoms. The van der Waals surface area contributed by atoms with E-state index in [1.165, 1.54) is 57.8 Å². The van der Waals surface area contributed by atoms with E-state index in [1.807, 2.05) is 5.57 Å². The monoisotopic (exact) mass is 456 g/mol. The average molecular weight is 457 g/mol. The second kappa shape index (κ2) is 8.65. The van der Waals surface area contributed by atoms with E-state index in [-0.39, 0.29) is 0 Å². The zero-order valence-electron chi connectivity index (χ0n) is 22.4. The molecule has 1 heterocycles. The molecular formula is C31H52O2. The van der Waals surface area contributed by atoms with Crippen LogP contribution >= 0.6 is 0 Å². The van der Waals surface area contributed by atoms with Gasteiger partial charge in [-0.05, 0) is 123 Å². The van der Waals surface area contributed by atoms with Crippen LogP contribution in [0, 0.1) is 45.8 Å². The summed E-state index contributed by atoms with van der Waals surface area (Å²) in [4.78, 5) is 0. The van der Waals surface area contributed by atoms with Crippen LogP contribution in [-0.4, -0.2) is 23.9 Å². The third kappa shape index (κ3) is 4.08. The first-order valence-corrected chi connectivity index (χ1v) is 14.6. The summed E-state index contributed by atoms with van der Waals surface area (Å²) in [7, 11) is 0. The number of rotatable bonds is 5. The summed E-state index contributed by atoms with van der Waals surface area (Å²) in [6.45, 7) is 14.2. The molecule has 9 atom stereocenters. The quantitative estimate of drug-likeness (QED) is 0.425. The predicted molar refractivity (Wildman–Crippen MR) is 137 cm³/mol. The van der Waals surface area contributed by atoms with Gasteiger partial charge in [0.15, 0.2) is 0 Å². The highest BCUT2D eigenvalue weighted by molar-refractivity contribution is 5.26. The number of aliphatic hydroxyl groups is 1. The molecule has 0 aromatic carbocycles. The van der Waals surface area contributed by atoms with Crippen molar-refractivity contribution in [2.75, 3.05) is 13.2 Å². The third-order valence-electron chi connectivity index (χ3n) is 12.5. The Morgan fingerprint density at radius 2 is 1.88 bits per heavy atom. The van der Waals surface area contributed by atoms with Crippen LogP contribution in [0.5, 0.6) is 0 Å². The minimum absolute atomic E-state index is 0.479. The van der Waals surface area contributed by atoms with Crippen LogP contribution in [0.15, 0.2) is 11.6 Å². The Kier molecular flexibility index (Phi) is 6.38. The van der Waals surface area contributed by atoms with Crippen molar-refractivity contribution < 1.29 is 9.84 Å². The topological polar surface area (TPSA) is 29.5 Å². The molecule has 5 rings (SSSR count). The average Bonchev–Trinajstić information content (AvgIpc) is 3.16. The zero-order chi connectivity index (χ0) is 23.5. The fraction of sp³-hybridized carbons (Fsp3) is 0.935. The van der Waals surface area contributed by atoms with Gasteiger partial charge in [-0.2, -0.15) is 0 Å². The van der Waals surface area contributed by atoms with Crippen molar-refractivity contribution in [3.05, 3.63) is 11.6 Å². The standard InChI is InChI=1S/C31H52O2/c1-6-28(3)17-18-29(4)23(20-28)8-9-24-26-11-10-25(30(26,5)15-13-27(24)29)22(2)12-16-31(32)14-7-19-33-21-31/h8,22,24-27,32H,6-7,9-21H2,1-5H3/t22-,24+,25-,26+,27+,28-,29+,30-,31?/m1/s1. The number of ether oxygens (including phenoxy) is 1. The van der Waals surface area contributed by atoms with Gasteiger partial charge in [0, 0.05) is 6.61 Å². The molecule has 1 unspecified atom stereocenters. The van der Waals surface area contributed by atoms with Gasteiger partial charge in [-0.3, -0.25) is 0 Å². The maximum absolute atomic E-state index is 11.0. The SMILES string of the molecule is CC[C@]1(C)CC[C@@]2(C)C(=CC[C@H]3[C@@H]4CC[C@H]([C@H](C)CCC5(O)CCCOC5)[C@@]4(C)CC[C@@H]32)C1. The molecule has 188 valence electrons. The minimum Gasteiger partial charge on any atom is -0.387 e. The van der Waals surface area contributed by atoms with Crippen LogP contribution in [0.4, 0.5) is 0 Å². The Balaban J connectivity index is 1.29. The molecule has 0 amide bonds. The highest BCUT2D eigenvalue weighted by Crippen LogP contribution is 2.68. The fourth-order valence-electron chi connectivity index (χ4n) is 9.90. The molecule has 0 aromatic rings. The lowest BCUT2D eigenvalue weighted by molar-refractivity contribution is -0.0956. The summed E-state index contributed by atoms with van der Waals surface area (Å²) in [5.74, 6) is 4.30. The molecule has 3 saturated carbocycles. The Labute approximate surface area is 204 Å². The summed E-state index contributed by atoms with van der Waals surface area (Å²) < 4.78 is 5.63. The van der Waals surface area contributed by atoms with E-state index in [2.05, 4.69) is 40.7 Å². The van der Waals surface area contributed by atoms with E-state index < -0.39 is 5.60 Å². The van der Waals surface area contributed by atoms with Crippen LogP contribution in [0.25, 0.3) is 0 Å². The second-order valence-corrected chi connectivity index (χ2v) is 14.2. The molecule has 1 N–H and O–H groups in total. The largest absolute Gasteiger partial charge is 0.387 e.